The summed E-state index contributed by atoms with van der Waals surface area (Å²) < 4.78 is 47.1. The van der Waals surface area contributed by atoms with Crippen molar-refractivity contribution < 1.29 is 27.6 Å². The molecule has 0 unspecified atom stereocenters. The van der Waals surface area contributed by atoms with Crippen molar-refractivity contribution in [3.63, 3.8) is 0 Å². The Morgan fingerprint density at radius 2 is 1.71 bits per heavy atom. The zero-order valence-corrected chi connectivity index (χ0v) is 16.1. The van der Waals surface area contributed by atoms with Gasteiger partial charge in [0.15, 0.2) is 11.7 Å². The van der Waals surface area contributed by atoms with E-state index in [1.54, 1.807) is 0 Å². The number of non-ortho nitro benzene ring substituents is 1. The highest BCUT2D eigenvalue weighted by atomic mass is 19.4. The fourth-order valence-corrected chi connectivity index (χ4v) is 4.20. The monoisotopic (exact) mass is 430 g/mol. The fourth-order valence-electron chi connectivity index (χ4n) is 4.20. The minimum atomic E-state index is -4.89. The first kappa shape index (κ1) is 20.6. The van der Waals surface area contributed by atoms with Gasteiger partial charge in [0.05, 0.1) is 10.8 Å². The van der Waals surface area contributed by atoms with Crippen molar-refractivity contribution in [2.75, 3.05) is 0 Å². The molecule has 0 bridgehead atoms. The average Bonchev–Trinajstić information content (AvgIpc) is 2.72. The zero-order chi connectivity index (χ0) is 22.3. The van der Waals surface area contributed by atoms with Crippen LogP contribution in [0.15, 0.2) is 77.4 Å². The molecule has 2 aromatic rings. The van der Waals surface area contributed by atoms with Crippen molar-refractivity contribution in [1.82, 2.24) is 0 Å². The molecule has 1 aliphatic carbocycles. The van der Waals surface area contributed by atoms with Gasteiger partial charge in [0.25, 0.3) is 5.69 Å². The van der Waals surface area contributed by atoms with Crippen LogP contribution < -0.4 is 5.73 Å². The molecule has 9 heteroatoms. The number of ether oxygens (including phenoxy) is 1. The third-order valence-electron chi connectivity index (χ3n) is 5.53. The van der Waals surface area contributed by atoms with E-state index in [0.29, 0.717) is 0 Å². The van der Waals surface area contributed by atoms with Gasteiger partial charge in [0.2, 0.25) is 0 Å². The maximum atomic E-state index is 13.9. The summed E-state index contributed by atoms with van der Waals surface area (Å²) in [4.78, 5) is 23.6. The first-order valence-electron chi connectivity index (χ1n) is 9.47. The van der Waals surface area contributed by atoms with E-state index in [-0.39, 0.29) is 41.3 Å². The number of carbonyl (C=O) groups excluding carboxylic acids is 1. The van der Waals surface area contributed by atoms with Gasteiger partial charge in [0.1, 0.15) is 11.3 Å². The summed E-state index contributed by atoms with van der Waals surface area (Å²) in [5, 5.41) is 11.2. The summed E-state index contributed by atoms with van der Waals surface area (Å²) in [6.07, 6.45) is -4.69. The highest BCUT2D eigenvalue weighted by Gasteiger charge is 2.50. The molecule has 2 atom stereocenters. The molecule has 2 N–H and O–H groups in total. The molecule has 160 valence electrons. The van der Waals surface area contributed by atoms with Crippen LogP contribution in [0.3, 0.4) is 0 Å². The van der Waals surface area contributed by atoms with E-state index in [0.717, 1.165) is 11.6 Å². The summed E-state index contributed by atoms with van der Waals surface area (Å²) in [5.41, 5.74) is 4.77. The number of carbonyl (C=O) groups is 1. The Bertz CT molecular complexity index is 1120. The van der Waals surface area contributed by atoms with E-state index in [2.05, 4.69) is 0 Å². The molecule has 31 heavy (non-hydrogen) atoms. The number of nitrogens with zero attached hydrogens (tertiary/aromatic N) is 1. The van der Waals surface area contributed by atoms with E-state index in [9.17, 15) is 28.1 Å². The van der Waals surface area contributed by atoms with Crippen LogP contribution in [0.2, 0.25) is 0 Å². The molecule has 6 nitrogen and oxygen atoms in total. The lowest BCUT2D eigenvalue weighted by molar-refractivity contribution is -0.384. The lowest BCUT2D eigenvalue weighted by Gasteiger charge is -2.36. The summed E-state index contributed by atoms with van der Waals surface area (Å²) in [7, 11) is 0. The maximum Gasteiger partial charge on any atom is 0.418 e. The van der Waals surface area contributed by atoms with Gasteiger partial charge in [-0.15, -0.1) is 0 Å². The topological polar surface area (TPSA) is 95.5 Å². The third-order valence-corrected chi connectivity index (χ3v) is 5.53. The molecule has 1 aliphatic heterocycles. The van der Waals surface area contributed by atoms with Gasteiger partial charge < -0.3 is 10.5 Å². The number of Topliss-reactive ketones (excluding diaryl/α,β-unsaturated/α-hetero) is 1. The van der Waals surface area contributed by atoms with Crippen LogP contribution in [0.5, 0.6) is 0 Å². The standard InChI is InChI=1S/C22H17F3N2O4/c23-22(24,25)20-18(13-7-4-8-15(9-13)27(29)30)19-16(28)10-14(11-17(19)31-21(20)26)12-5-2-1-3-6-12/h1-9,14,18H,10-11,26H2/t14-,18+/m0/s1. The number of nitro groups is 1. The predicted molar refractivity (Wildman–Crippen MR) is 105 cm³/mol. The average molecular weight is 430 g/mol. The van der Waals surface area contributed by atoms with Gasteiger partial charge in [-0.3, -0.25) is 14.9 Å². The molecule has 0 aromatic heterocycles. The molecule has 1 heterocycles. The molecular formula is C22H17F3N2O4. The lowest BCUT2D eigenvalue weighted by Crippen LogP contribution is -2.34. The van der Waals surface area contributed by atoms with E-state index in [1.807, 2.05) is 30.3 Å². The fraction of sp³-hybridized carbons (Fsp3) is 0.227. The number of nitrogens with two attached hydrogens (primary N) is 1. The largest absolute Gasteiger partial charge is 0.445 e. The first-order valence-corrected chi connectivity index (χ1v) is 9.47. The molecule has 0 saturated carbocycles. The molecule has 0 fully saturated rings. The van der Waals surface area contributed by atoms with Crippen molar-refractivity contribution in [3.8, 4) is 0 Å². The van der Waals surface area contributed by atoms with Crippen molar-refractivity contribution in [2.24, 2.45) is 5.73 Å². The van der Waals surface area contributed by atoms with Crippen LogP contribution in [0.25, 0.3) is 0 Å². The van der Waals surface area contributed by atoms with E-state index in [4.69, 9.17) is 10.5 Å². The van der Waals surface area contributed by atoms with E-state index >= 15 is 0 Å². The van der Waals surface area contributed by atoms with E-state index in [1.165, 1.54) is 18.2 Å². The Balaban J connectivity index is 1.85. The Morgan fingerprint density at radius 1 is 1.03 bits per heavy atom. The lowest BCUT2D eigenvalue weighted by atomic mass is 9.73. The highest BCUT2D eigenvalue weighted by molar-refractivity contribution is 6.00. The SMILES string of the molecule is NC1=C(C(F)(F)F)[C@H](c2cccc([N+](=O)[O-])c2)C2=C(C[C@@H](c3ccccc3)CC2=O)O1. The van der Waals surface area contributed by atoms with Crippen LogP contribution in [0.1, 0.15) is 35.8 Å². The summed E-state index contributed by atoms with van der Waals surface area (Å²) in [6.45, 7) is 0. The van der Waals surface area contributed by atoms with Crippen molar-refractivity contribution in [1.29, 1.82) is 0 Å². The minimum Gasteiger partial charge on any atom is -0.445 e. The minimum absolute atomic E-state index is 0.00265. The number of allylic oxidation sites excluding steroid dienone is 3. The normalized spacial score (nSPS) is 21.6. The number of alkyl halides is 3. The van der Waals surface area contributed by atoms with Gasteiger partial charge in [-0.1, -0.05) is 42.5 Å². The van der Waals surface area contributed by atoms with Crippen molar-refractivity contribution >= 4 is 11.5 Å². The van der Waals surface area contributed by atoms with Crippen LogP contribution in [-0.2, 0) is 9.53 Å². The quantitative estimate of drug-likeness (QED) is 0.555. The van der Waals surface area contributed by atoms with Gasteiger partial charge >= 0.3 is 6.18 Å². The van der Waals surface area contributed by atoms with Crippen molar-refractivity contribution in [3.05, 3.63) is 98.6 Å². The molecule has 2 aliphatic rings. The van der Waals surface area contributed by atoms with Crippen LogP contribution in [0.4, 0.5) is 18.9 Å². The Labute approximate surface area is 175 Å². The summed E-state index contributed by atoms with van der Waals surface area (Å²) in [6, 6.07) is 13.9. The number of ketones is 1. The highest BCUT2D eigenvalue weighted by Crippen LogP contribution is 2.51. The molecule has 0 amide bonds. The van der Waals surface area contributed by atoms with Crippen molar-refractivity contribution in [2.45, 2.75) is 30.9 Å². The first-order chi connectivity index (χ1) is 14.7. The maximum absolute atomic E-state index is 13.9. The molecular weight excluding hydrogens is 413 g/mol. The number of halogens is 3. The number of rotatable bonds is 3. The Hall–Kier alpha value is -3.62. The third kappa shape index (κ3) is 3.78. The number of benzene rings is 2. The van der Waals surface area contributed by atoms with Gasteiger partial charge in [-0.2, -0.15) is 13.2 Å². The molecule has 2 aromatic carbocycles. The van der Waals surface area contributed by atoms with Gasteiger partial charge in [-0.25, -0.2) is 0 Å². The summed E-state index contributed by atoms with van der Waals surface area (Å²) in [5.74, 6) is -3.12. The second-order valence-electron chi connectivity index (χ2n) is 7.44. The molecule has 4 rings (SSSR count). The van der Waals surface area contributed by atoms with Crippen LogP contribution >= 0.6 is 0 Å². The van der Waals surface area contributed by atoms with Gasteiger partial charge in [-0.05, 0) is 17.0 Å². The zero-order valence-electron chi connectivity index (χ0n) is 16.1. The van der Waals surface area contributed by atoms with Crippen LogP contribution in [0, 0.1) is 10.1 Å². The smallest absolute Gasteiger partial charge is 0.418 e. The summed E-state index contributed by atoms with van der Waals surface area (Å²) >= 11 is 0. The predicted octanol–water partition coefficient (Wildman–Crippen LogP) is 4.84. The second-order valence-corrected chi connectivity index (χ2v) is 7.44. The van der Waals surface area contributed by atoms with Gasteiger partial charge in [0, 0.05) is 30.5 Å². The molecule has 0 spiro atoms. The number of hydrogen-bond donors (Lipinski definition) is 1. The molecule has 0 radical (unpaired) electrons. The second kappa shape index (κ2) is 7.57. The van der Waals surface area contributed by atoms with Crippen LogP contribution in [-0.4, -0.2) is 16.9 Å². The number of hydrogen-bond acceptors (Lipinski definition) is 5. The Kier molecular flexibility index (Phi) is 5.04. The number of nitro benzene ring substituents is 1. The van der Waals surface area contributed by atoms with E-state index < -0.39 is 34.3 Å². The molecule has 0 saturated heterocycles. The Morgan fingerprint density at radius 3 is 2.35 bits per heavy atom.